The predicted octanol–water partition coefficient (Wildman–Crippen LogP) is 2.76. The molecule has 0 N–H and O–H groups in total. The smallest absolute Gasteiger partial charge is 0.438 e. The Morgan fingerprint density at radius 2 is 2.33 bits per heavy atom. The van der Waals surface area contributed by atoms with Crippen molar-refractivity contribution in [2.45, 2.75) is 26.7 Å². The Hall–Kier alpha value is -0.990. The molecule has 1 fully saturated rings. The van der Waals surface area contributed by atoms with Crippen LogP contribution >= 0.6 is 0 Å². The highest BCUT2D eigenvalue weighted by Gasteiger charge is 2.51. The number of allylic oxidation sites excluding steroid dienone is 1. The molecule has 0 unspecified atom stereocenters. The van der Waals surface area contributed by atoms with Gasteiger partial charge >= 0.3 is 6.16 Å². The normalized spacial score (nSPS) is 31.3. The first-order valence-corrected chi connectivity index (χ1v) is 5.45. The standard InChI is InChI=1S/C12H18O3/c1-12(2)9-5-4-8(10(12)6-9)7-15-11(13)14-3/h4,9-10H,5-7H2,1-3H3/t9-,10-/m0/s1. The second-order valence-corrected chi connectivity index (χ2v) is 5.06. The summed E-state index contributed by atoms with van der Waals surface area (Å²) in [6.45, 7) is 5.00. The van der Waals surface area contributed by atoms with Crippen LogP contribution in [0.15, 0.2) is 11.6 Å². The lowest BCUT2D eigenvalue weighted by Gasteiger charge is -2.56. The summed E-state index contributed by atoms with van der Waals surface area (Å²) in [5.41, 5.74) is 1.66. The Morgan fingerprint density at radius 1 is 1.60 bits per heavy atom. The zero-order chi connectivity index (χ0) is 11.1. The average molecular weight is 210 g/mol. The molecular formula is C12H18O3. The van der Waals surface area contributed by atoms with E-state index in [-0.39, 0.29) is 0 Å². The highest BCUT2D eigenvalue weighted by atomic mass is 16.7. The van der Waals surface area contributed by atoms with Gasteiger partial charge in [-0.25, -0.2) is 4.79 Å². The number of hydrogen-bond acceptors (Lipinski definition) is 3. The fourth-order valence-corrected chi connectivity index (χ4v) is 2.84. The van der Waals surface area contributed by atoms with E-state index in [1.54, 1.807) is 0 Å². The van der Waals surface area contributed by atoms with Crippen molar-refractivity contribution in [3.05, 3.63) is 11.6 Å². The summed E-state index contributed by atoms with van der Waals surface area (Å²) in [4.78, 5) is 10.9. The van der Waals surface area contributed by atoms with Crippen molar-refractivity contribution in [3.63, 3.8) is 0 Å². The van der Waals surface area contributed by atoms with Gasteiger partial charge < -0.3 is 9.47 Å². The van der Waals surface area contributed by atoms with E-state index in [0.29, 0.717) is 17.9 Å². The maximum Gasteiger partial charge on any atom is 0.508 e. The van der Waals surface area contributed by atoms with E-state index in [0.717, 1.165) is 12.3 Å². The number of ether oxygens (including phenoxy) is 2. The second kappa shape index (κ2) is 3.54. The topological polar surface area (TPSA) is 35.5 Å². The van der Waals surface area contributed by atoms with Crippen LogP contribution in [-0.4, -0.2) is 19.9 Å². The molecule has 0 heterocycles. The van der Waals surface area contributed by atoms with Gasteiger partial charge in [0.2, 0.25) is 0 Å². The largest absolute Gasteiger partial charge is 0.508 e. The average Bonchev–Trinajstić information content (AvgIpc) is 2.25. The highest BCUT2D eigenvalue weighted by molar-refractivity contribution is 5.59. The van der Waals surface area contributed by atoms with Gasteiger partial charge in [0.05, 0.1) is 7.11 Å². The fraction of sp³-hybridized carbons (Fsp3) is 0.750. The van der Waals surface area contributed by atoms with Gasteiger partial charge in [-0.2, -0.15) is 0 Å². The van der Waals surface area contributed by atoms with E-state index < -0.39 is 6.16 Å². The Labute approximate surface area is 90.4 Å². The summed E-state index contributed by atoms with van der Waals surface area (Å²) >= 11 is 0. The first-order valence-electron chi connectivity index (χ1n) is 5.45. The van der Waals surface area contributed by atoms with Gasteiger partial charge in [0.15, 0.2) is 0 Å². The zero-order valence-corrected chi connectivity index (χ0v) is 9.58. The molecule has 15 heavy (non-hydrogen) atoms. The third-order valence-electron chi connectivity index (χ3n) is 4.11. The summed E-state index contributed by atoms with van der Waals surface area (Å²) in [7, 11) is 1.33. The SMILES string of the molecule is COC(=O)OCC1=CC[C@H]2C[C@@H]1C2(C)C. The van der Waals surface area contributed by atoms with E-state index in [2.05, 4.69) is 24.7 Å². The molecule has 0 aromatic heterocycles. The molecule has 2 bridgehead atoms. The van der Waals surface area contributed by atoms with Crippen LogP contribution in [0.3, 0.4) is 0 Å². The molecule has 0 saturated heterocycles. The van der Waals surface area contributed by atoms with E-state index >= 15 is 0 Å². The van der Waals surface area contributed by atoms with Crippen LogP contribution in [-0.2, 0) is 9.47 Å². The maximum absolute atomic E-state index is 10.9. The monoisotopic (exact) mass is 210 g/mol. The summed E-state index contributed by atoms with van der Waals surface area (Å²) in [5, 5.41) is 0. The van der Waals surface area contributed by atoms with Crippen molar-refractivity contribution in [3.8, 4) is 0 Å². The molecule has 3 nitrogen and oxygen atoms in total. The molecule has 3 rings (SSSR count). The van der Waals surface area contributed by atoms with Crippen molar-refractivity contribution in [2.24, 2.45) is 17.3 Å². The minimum absolute atomic E-state index is 0.392. The highest BCUT2D eigenvalue weighted by Crippen LogP contribution is 2.59. The van der Waals surface area contributed by atoms with Crippen LogP contribution in [0, 0.1) is 17.3 Å². The molecule has 3 aliphatic rings. The number of hydrogen-bond donors (Lipinski definition) is 0. The molecule has 0 radical (unpaired) electrons. The Balaban J connectivity index is 1.94. The minimum atomic E-state index is -0.588. The molecule has 0 aliphatic heterocycles. The molecule has 3 aliphatic carbocycles. The summed E-state index contributed by atoms with van der Waals surface area (Å²) in [5.74, 6) is 1.42. The lowest BCUT2D eigenvalue weighted by atomic mass is 9.49. The maximum atomic E-state index is 10.9. The Bertz CT molecular complexity index is 304. The van der Waals surface area contributed by atoms with Crippen LogP contribution in [0.4, 0.5) is 4.79 Å². The number of rotatable bonds is 2. The zero-order valence-electron chi connectivity index (χ0n) is 9.58. The first-order chi connectivity index (χ1) is 7.05. The van der Waals surface area contributed by atoms with Crippen LogP contribution in [0.2, 0.25) is 0 Å². The van der Waals surface area contributed by atoms with Crippen LogP contribution in [0.25, 0.3) is 0 Å². The first kappa shape index (κ1) is 10.5. The van der Waals surface area contributed by atoms with Crippen molar-refractivity contribution in [1.82, 2.24) is 0 Å². The lowest BCUT2D eigenvalue weighted by Crippen LogP contribution is -2.48. The summed E-state index contributed by atoms with van der Waals surface area (Å²) in [6.07, 6.45) is 4.02. The van der Waals surface area contributed by atoms with Crippen molar-refractivity contribution in [1.29, 1.82) is 0 Å². The molecule has 2 atom stereocenters. The second-order valence-electron chi connectivity index (χ2n) is 5.06. The van der Waals surface area contributed by atoms with Crippen LogP contribution in [0.1, 0.15) is 26.7 Å². The van der Waals surface area contributed by atoms with Gasteiger partial charge in [-0.05, 0) is 35.7 Å². The van der Waals surface area contributed by atoms with Gasteiger partial charge in [0.25, 0.3) is 0 Å². The van der Waals surface area contributed by atoms with E-state index in [1.165, 1.54) is 19.1 Å². The third-order valence-corrected chi connectivity index (χ3v) is 4.11. The van der Waals surface area contributed by atoms with Crippen LogP contribution in [0.5, 0.6) is 0 Å². The quantitative estimate of drug-likeness (QED) is 0.519. The summed E-state index contributed by atoms with van der Waals surface area (Å²) < 4.78 is 9.44. The molecule has 0 aromatic rings. The summed E-state index contributed by atoms with van der Waals surface area (Å²) in [6, 6.07) is 0. The third kappa shape index (κ3) is 1.64. The van der Waals surface area contributed by atoms with Crippen molar-refractivity contribution in [2.75, 3.05) is 13.7 Å². The number of carbonyl (C=O) groups is 1. The van der Waals surface area contributed by atoms with E-state index in [1.807, 2.05) is 0 Å². The van der Waals surface area contributed by atoms with Gasteiger partial charge in [0, 0.05) is 0 Å². The van der Waals surface area contributed by atoms with E-state index in [4.69, 9.17) is 4.74 Å². The molecule has 0 amide bonds. The Morgan fingerprint density at radius 3 is 2.87 bits per heavy atom. The Kier molecular flexibility index (Phi) is 2.49. The molecule has 0 aromatic carbocycles. The molecule has 0 spiro atoms. The molecule has 84 valence electrons. The van der Waals surface area contributed by atoms with Gasteiger partial charge in [-0.15, -0.1) is 0 Å². The molecular weight excluding hydrogens is 192 g/mol. The fourth-order valence-electron chi connectivity index (χ4n) is 2.84. The van der Waals surface area contributed by atoms with Gasteiger partial charge in [0.1, 0.15) is 6.61 Å². The molecule has 1 saturated carbocycles. The van der Waals surface area contributed by atoms with E-state index in [9.17, 15) is 4.79 Å². The number of fused-ring (bicyclic) bond motifs is 1. The molecule has 3 heteroatoms. The van der Waals surface area contributed by atoms with Gasteiger partial charge in [-0.1, -0.05) is 19.9 Å². The van der Waals surface area contributed by atoms with Crippen molar-refractivity contribution < 1.29 is 14.3 Å². The lowest BCUT2D eigenvalue weighted by molar-refractivity contribution is -0.0163. The number of methoxy groups -OCH3 is 1. The van der Waals surface area contributed by atoms with Crippen LogP contribution < -0.4 is 0 Å². The number of carbonyl (C=O) groups excluding carboxylic acids is 1. The van der Waals surface area contributed by atoms with Crippen molar-refractivity contribution >= 4 is 6.16 Å². The predicted molar refractivity (Wildman–Crippen MR) is 56.4 cm³/mol. The van der Waals surface area contributed by atoms with Gasteiger partial charge in [-0.3, -0.25) is 0 Å². The minimum Gasteiger partial charge on any atom is -0.438 e.